The Labute approximate surface area is 191 Å². The SMILES string of the molecule is O=C(Cc1ccccc1F)N1CC2(CC(OCc3ccccn3)CS2)C1.O=C(O)C(F)(F)F. The number of carbonyl (C=O) groups is 2. The summed E-state index contributed by atoms with van der Waals surface area (Å²) >= 11 is 1.89. The highest BCUT2D eigenvalue weighted by Crippen LogP contribution is 2.46. The molecule has 33 heavy (non-hydrogen) atoms. The van der Waals surface area contributed by atoms with Gasteiger partial charge in [0, 0.05) is 25.0 Å². The normalized spacial score (nSPS) is 18.9. The number of thioether (sulfide) groups is 1. The molecule has 0 bridgehead atoms. The van der Waals surface area contributed by atoms with Crippen molar-refractivity contribution in [2.45, 2.75) is 36.5 Å². The molecule has 1 amide bonds. The third kappa shape index (κ3) is 6.91. The zero-order valence-corrected chi connectivity index (χ0v) is 18.2. The summed E-state index contributed by atoms with van der Waals surface area (Å²) in [6, 6.07) is 12.3. The van der Waals surface area contributed by atoms with E-state index >= 15 is 0 Å². The maximum atomic E-state index is 13.7. The molecule has 1 atom stereocenters. The van der Waals surface area contributed by atoms with E-state index in [1.54, 1.807) is 24.4 Å². The van der Waals surface area contributed by atoms with E-state index < -0.39 is 12.1 Å². The molecular formula is C22H22F4N2O4S. The zero-order valence-electron chi connectivity index (χ0n) is 17.4. The first-order valence-electron chi connectivity index (χ1n) is 10.0. The molecule has 2 fully saturated rings. The van der Waals surface area contributed by atoms with Gasteiger partial charge in [-0.2, -0.15) is 13.2 Å². The number of alkyl halides is 3. The number of aliphatic carboxylic acids is 1. The van der Waals surface area contributed by atoms with Gasteiger partial charge in [-0.1, -0.05) is 24.3 Å². The number of ether oxygens (including phenoxy) is 1. The zero-order chi connectivity index (χ0) is 24.1. The number of halogens is 4. The van der Waals surface area contributed by atoms with E-state index in [0.29, 0.717) is 12.2 Å². The van der Waals surface area contributed by atoms with E-state index in [9.17, 15) is 22.4 Å². The summed E-state index contributed by atoms with van der Waals surface area (Å²) in [5.74, 6) is -2.12. The average Bonchev–Trinajstić information content (AvgIpc) is 3.18. The van der Waals surface area contributed by atoms with Crippen LogP contribution in [0.3, 0.4) is 0 Å². The number of hydrogen-bond donors (Lipinski definition) is 1. The quantitative estimate of drug-likeness (QED) is 0.650. The molecule has 2 aromatic rings. The number of amides is 1. The van der Waals surface area contributed by atoms with Gasteiger partial charge in [0.05, 0.1) is 29.6 Å². The lowest BCUT2D eigenvalue weighted by Crippen LogP contribution is -2.61. The second-order valence-corrected chi connectivity index (χ2v) is 9.26. The highest BCUT2D eigenvalue weighted by Gasteiger charge is 2.50. The number of benzene rings is 1. The molecule has 0 saturated carbocycles. The summed E-state index contributed by atoms with van der Waals surface area (Å²) < 4.78 is 51.5. The second kappa shape index (κ2) is 10.5. The van der Waals surface area contributed by atoms with Crippen LogP contribution in [-0.4, -0.2) is 62.7 Å². The van der Waals surface area contributed by atoms with Gasteiger partial charge in [0.15, 0.2) is 0 Å². The maximum absolute atomic E-state index is 13.7. The van der Waals surface area contributed by atoms with Crippen LogP contribution in [-0.2, 0) is 27.4 Å². The fourth-order valence-electron chi connectivity index (χ4n) is 3.56. The van der Waals surface area contributed by atoms with Gasteiger partial charge in [0.1, 0.15) is 5.82 Å². The number of pyridine rings is 1. The van der Waals surface area contributed by atoms with Crippen LogP contribution in [0, 0.1) is 5.82 Å². The number of carboxylic acid groups (broad SMARTS) is 1. The summed E-state index contributed by atoms with van der Waals surface area (Å²) in [5, 5.41) is 7.12. The molecule has 1 aromatic heterocycles. The van der Waals surface area contributed by atoms with E-state index in [1.165, 1.54) is 6.07 Å². The molecule has 1 spiro atoms. The fourth-order valence-corrected chi connectivity index (χ4v) is 5.11. The minimum atomic E-state index is -5.08. The molecule has 4 rings (SSSR count). The third-order valence-corrected chi connectivity index (χ3v) is 6.80. The van der Waals surface area contributed by atoms with Crippen LogP contribution < -0.4 is 0 Å². The topological polar surface area (TPSA) is 79.7 Å². The molecule has 6 nitrogen and oxygen atoms in total. The highest BCUT2D eigenvalue weighted by molar-refractivity contribution is 8.01. The molecule has 2 aliphatic heterocycles. The van der Waals surface area contributed by atoms with E-state index in [4.69, 9.17) is 14.6 Å². The first kappa shape index (κ1) is 25.0. The lowest BCUT2D eigenvalue weighted by atomic mass is 9.92. The van der Waals surface area contributed by atoms with E-state index in [-0.39, 0.29) is 29.0 Å². The minimum absolute atomic E-state index is 0.000760. The Morgan fingerprint density at radius 2 is 1.85 bits per heavy atom. The molecule has 2 saturated heterocycles. The number of carboxylic acids is 1. The molecule has 1 aromatic carbocycles. The predicted molar refractivity (Wildman–Crippen MR) is 113 cm³/mol. The van der Waals surface area contributed by atoms with E-state index in [0.717, 1.165) is 31.0 Å². The van der Waals surface area contributed by atoms with Crippen LogP contribution in [0.1, 0.15) is 17.7 Å². The first-order chi connectivity index (χ1) is 15.6. The number of likely N-dealkylation sites (tertiary alicyclic amines) is 1. The second-order valence-electron chi connectivity index (χ2n) is 7.77. The van der Waals surface area contributed by atoms with Gasteiger partial charge < -0.3 is 14.7 Å². The van der Waals surface area contributed by atoms with Crippen molar-refractivity contribution in [2.75, 3.05) is 18.8 Å². The summed E-state index contributed by atoms with van der Waals surface area (Å²) in [5.41, 5.74) is 1.41. The van der Waals surface area contributed by atoms with Gasteiger partial charge in [-0.05, 0) is 30.2 Å². The van der Waals surface area contributed by atoms with Crippen LogP contribution in [0.25, 0.3) is 0 Å². The number of aromatic nitrogens is 1. The number of carbonyl (C=O) groups excluding carboxylic acids is 1. The average molecular weight is 486 g/mol. The summed E-state index contributed by atoms with van der Waals surface area (Å²) in [4.78, 5) is 27.4. The Morgan fingerprint density at radius 1 is 1.18 bits per heavy atom. The lowest BCUT2D eigenvalue weighted by molar-refractivity contribution is -0.192. The molecule has 178 valence electrons. The van der Waals surface area contributed by atoms with Gasteiger partial charge in [-0.3, -0.25) is 9.78 Å². The summed E-state index contributed by atoms with van der Waals surface area (Å²) in [6.07, 6.45) is -2.03. The molecule has 2 aliphatic rings. The van der Waals surface area contributed by atoms with Crippen molar-refractivity contribution in [3.05, 3.63) is 65.7 Å². The van der Waals surface area contributed by atoms with Crippen molar-refractivity contribution in [1.29, 1.82) is 0 Å². The third-order valence-electron chi connectivity index (χ3n) is 5.22. The van der Waals surface area contributed by atoms with Gasteiger partial charge in [-0.15, -0.1) is 11.8 Å². The smallest absolute Gasteiger partial charge is 0.475 e. The minimum Gasteiger partial charge on any atom is -0.475 e. The predicted octanol–water partition coefficient (Wildman–Crippen LogP) is 3.70. The van der Waals surface area contributed by atoms with Crippen molar-refractivity contribution in [3.8, 4) is 0 Å². The number of rotatable bonds is 5. The largest absolute Gasteiger partial charge is 0.490 e. The van der Waals surface area contributed by atoms with Gasteiger partial charge in [-0.25, -0.2) is 9.18 Å². The highest BCUT2D eigenvalue weighted by atomic mass is 32.2. The molecular weight excluding hydrogens is 464 g/mol. The van der Waals surface area contributed by atoms with E-state index in [1.807, 2.05) is 34.9 Å². The molecule has 1 unspecified atom stereocenters. The molecule has 0 aliphatic carbocycles. The van der Waals surface area contributed by atoms with Crippen LogP contribution in [0.15, 0.2) is 48.7 Å². The molecule has 0 radical (unpaired) electrons. The Morgan fingerprint density at radius 3 is 2.45 bits per heavy atom. The molecule has 11 heteroatoms. The van der Waals surface area contributed by atoms with Crippen LogP contribution >= 0.6 is 11.8 Å². The molecule has 3 heterocycles. The van der Waals surface area contributed by atoms with Crippen molar-refractivity contribution in [1.82, 2.24) is 9.88 Å². The van der Waals surface area contributed by atoms with Crippen LogP contribution in [0.4, 0.5) is 17.6 Å². The maximum Gasteiger partial charge on any atom is 0.490 e. The molecule has 1 N–H and O–H groups in total. The number of hydrogen-bond acceptors (Lipinski definition) is 5. The Balaban J connectivity index is 0.000000383. The standard InChI is InChI=1S/C20H21FN2O2S.C2HF3O2/c21-18-7-2-1-5-15(18)9-19(24)23-13-20(14-23)10-17(12-26-20)25-11-16-6-3-4-8-22-16;3-2(4,5)1(6)7/h1-8,17H,9-14H2;(H,6,7). The van der Waals surface area contributed by atoms with Crippen molar-refractivity contribution in [3.63, 3.8) is 0 Å². The Kier molecular flexibility index (Phi) is 7.96. The first-order valence-corrected chi connectivity index (χ1v) is 11.0. The van der Waals surface area contributed by atoms with Gasteiger partial charge >= 0.3 is 12.1 Å². The van der Waals surface area contributed by atoms with Crippen LogP contribution in [0.2, 0.25) is 0 Å². The van der Waals surface area contributed by atoms with Gasteiger partial charge in [0.2, 0.25) is 5.91 Å². The van der Waals surface area contributed by atoms with E-state index in [2.05, 4.69) is 4.98 Å². The van der Waals surface area contributed by atoms with Gasteiger partial charge in [0.25, 0.3) is 0 Å². The van der Waals surface area contributed by atoms with Crippen molar-refractivity contribution >= 4 is 23.6 Å². The fraction of sp³-hybridized carbons (Fsp3) is 0.409. The summed E-state index contributed by atoms with van der Waals surface area (Å²) in [7, 11) is 0. The number of nitrogens with zero attached hydrogens (tertiary/aromatic N) is 2. The Bertz CT molecular complexity index is 968. The summed E-state index contributed by atoms with van der Waals surface area (Å²) in [6.45, 7) is 1.99. The van der Waals surface area contributed by atoms with Crippen molar-refractivity contribution < 1.29 is 37.0 Å². The van der Waals surface area contributed by atoms with Crippen LogP contribution in [0.5, 0.6) is 0 Å². The monoisotopic (exact) mass is 486 g/mol. The van der Waals surface area contributed by atoms with Crippen molar-refractivity contribution in [2.24, 2.45) is 0 Å². The Hall–Kier alpha value is -2.66. The lowest BCUT2D eigenvalue weighted by Gasteiger charge is -2.47.